The van der Waals surface area contributed by atoms with Crippen LogP contribution in [-0.4, -0.2) is 16.2 Å². The van der Waals surface area contributed by atoms with Crippen molar-refractivity contribution in [2.45, 2.75) is 0 Å². The maximum atomic E-state index is 13.3. The van der Waals surface area contributed by atoms with Gasteiger partial charge in [-0.2, -0.15) is 0 Å². The van der Waals surface area contributed by atoms with E-state index in [1.807, 2.05) is 0 Å². The molecule has 2 rings (SSSR count). The molecule has 5 nitrogen and oxygen atoms in total. The van der Waals surface area contributed by atoms with Crippen molar-refractivity contribution in [1.82, 2.24) is 5.16 Å². The number of anilines is 1. The highest BCUT2D eigenvalue weighted by molar-refractivity contribution is 6.03. The standard InChI is InChI=1S/C10H7FN2O3/c11-8-5-6(14)1-2-7(8)10(15)12-9-3-4-16-13-9/h1-5,14H,(H,12,13,15). The molecule has 2 N–H and O–H groups in total. The zero-order chi connectivity index (χ0) is 11.5. The molecule has 1 amide bonds. The molecule has 0 radical (unpaired) electrons. The zero-order valence-corrected chi connectivity index (χ0v) is 7.98. The minimum Gasteiger partial charge on any atom is -0.508 e. The van der Waals surface area contributed by atoms with Gasteiger partial charge in [0.15, 0.2) is 5.82 Å². The first-order valence-corrected chi connectivity index (χ1v) is 4.37. The predicted molar refractivity (Wildman–Crippen MR) is 52.5 cm³/mol. The van der Waals surface area contributed by atoms with Gasteiger partial charge in [0.2, 0.25) is 0 Å². The Labute approximate surface area is 89.5 Å². The molecular weight excluding hydrogens is 215 g/mol. The van der Waals surface area contributed by atoms with Crippen molar-refractivity contribution in [3.05, 3.63) is 41.9 Å². The van der Waals surface area contributed by atoms with Crippen LogP contribution in [0.5, 0.6) is 5.75 Å². The van der Waals surface area contributed by atoms with E-state index in [9.17, 15) is 9.18 Å². The number of aromatic hydroxyl groups is 1. The number of amides is 1. The van der Waals surface area contributed by atoms with Crippen LogP contribution >= 0.6 is 0 Å². The average molecular weight is 222 g/mol. The van der Waals surface area contributed by atoms with Gasteiger partial charge >= 0.3 is 0 Å². The molecule has 0 saturated carbocycles. The van der Waals surface area contributed by atoms with E-state index in [2.05, 4.69) is 15.0 Å². The SMILES string of the molecule is O=C(Nc1ccon1)c1ccc(O)cc1F. The van der Waals surface area contributed by atoms with E-state index in [1.54, 1.807) is 0 Å². The first-order chi connectivity index (χ1) is 7.66. The summed E-state index contributed by atoms with van der Waals surface area (Å²) in [7, 11) is 0. The van der Waals surface area contributed by atoms with Crippen LogP contribution in [-0.2, 0) is 0 Å². The van der Waals surface area contributed by atoms with Gasteiger partial charge < -0.3 is 14.9 Å². The third kappa shape index (κ3) is 2.00. The average Bonchev–Trinajstić information content (AvgIpc) is 2.70. The Bertz CT molecular complexity index is 511. The smallest absolute Gasteiger partial charge is 0.259 e. The van der Waals surface area contributed by atoms with Crippen LogP contribution in [0, 0.1) is 5.82 Å². The second-order valence-corrected chi connectivity index (χ2v) is 3.00. The Morgan fingerprint density at radius 1 is 1.44 bits per heavy atom. The molecule has 0 aliphatic carbocycles. The van der Waals surface area contributed by atoms with Crippen LogP contribution in [0.4, 0.5) is 10.2 Å². The van der Waals surface area contributed by atoms with Crippen molar-refractivity contribution in [1.29, 1.82) is 0 Å². The summed E-state index contributed by atoms with van der Waals surface area (Å²) in [5.41, 5.74) is -0.180. The molecule has 0 atom stereocenters. The third-order valence-electron chi connectivity index (χ3n) is 1.88. The molecule has 0 aliphatic rings. The summed E-state index contributed by atoms with van der Waals surface area (Å²) < 4.78 is 17.8. The van der Waals surface area contributed by atoms with E-state index < -0.39 is 11.7 Å². The van der Waals surface area contributed by atoms with E-state index in [-0.39, 0.29) is 17.1 Å². The largest absolute Gasteiger partial charge is 0.508 e. The van der Waals surface area contributed by atoms with Crippen molar-refractivity contribution in [2.24, 2.45) is 0 Å². The Morgan fingerprint density at radius 2 is 2.25 bits per heavy atom. The highest BCUT2D eigenvalue weighted by Gasteiger charge is 2.13. The number of aromatic nitrogens is 1. The molecule has 1 aromatic carbocycles. The van der Waals surface area contributed by atoms with Gasteiger partial charge in [-0.1, -0.05) is 5.16 Å². The molecule has 82 valence electrons. The van der Waals surface area contributed by atoms with Gasteiger partial charge in [0.1, 0.15) is 17.8 Å². The summed E-state index contributed by atoms with van der Waals surface area (Å²) >= 11 is 0. The molecule has 2 aromatic rings. The summed E-state index contributed by atoms with van der Waals surface area (Å²) in [5.74, 6) is -1.51. The summed E-state index contributed by atoms with van der Waals surface area (Å²) in [6.45, 7) is 0. The lowest BCUT2D eigenvalue weighted by Crippen LogP contribution is -2.13. The molecule has 0 unspecified atom stereocenters. The number of carbonyl (C=O) groups is 1. The second kappa shape index (κ2) is 4.01. The number of hydrogen-bond acceptors (Lipinski definition) is 4. The maximum absolute atomic E-state index is 13.3. The quantitative estimate of drug-likeness (QED) is 0.811. The van der Waals surface area contributed by atoms with E-state index in [0.717, 1.165) is 6.07 Å². The Hall–Kier alpha value is -2.37. The number of phenolic OH excluding ortho intramolecular Hbond substituents is 1. The molecular formula is C10H7FN2O3. The topological polar surface area (TPSA) is 75.4 Å². The van der Waals surface area contributed by atoms with Gasteiger partial charge in [-0.05, 0) is 12.1 Å². The summed E-state index contributed by atoms with van der Waals surface area (Å²) in [5, 5.41) is 14.8. The van der Waals surface area contributed by atoms with E-state index >= 15 is 0 Å². The number of nitrogens with one attached hydrogen (secondary N) is 1. The molecule has 1 aromatic heterocycles. The van der Waals surface area contributed by atoms with E-state index in [1.165, 1.54) is 24.5 Å². The van der Waals surface area contributed by atoms with Gasteiger partial charge in [0, 0.05) is 12.1 Å². The van der Waals surface area contributed by atoms with Crippen LogP contribution in [0.1, 0.15) is 10.4 Å². The maximum Gasteiger partial charge on any atom is 0.259 e. The van der Waals surface area contributed by atoms with Crippen LogP contribution < -0.4 is 5.32 Å². The monoisotopic (exact) mass is 222 g/mol. The fourth-order valence-corrected chi connectivity index (χ4v) is 1.15. The molecule has 16 heavy (non-hydrogen) atoms. The highest BCUT2D eigenvalue weighted by Crippen LogP contribution is 2.16. The summed E-state index contributed by atoms with van der Waals surface area (Å²) in [6.07, 6.45) is 1.28. The number of carbonyl (C=O) groups excluding carboxylic acids is 1. The Morgan fingerprint density at radius 3 is 2.88 bits per heavy atom. The molecule has 0 bridgehead atoms. The van der Waals surface area contributed by atoms with Gasteiger partial charge in [0.05, 0.1) is 5.56 Å². The van der Waals surface area contributed by atoms with E-state index in [0.29, 0.717) is 0 Å². The molecule has 1 heterocycles. The molecule has 6 heteroatoms. The molecule has 0 aliphatic heterocycles. The summed E-state index contributed by atoms with van der Waals surface area (Å²) in [6, 6.07) is 4.69. The Kier molecular flexibility index (Phi) is 2.55. The number of rotatable bonds is 2. The number of benzene rings is 1. The Balaban J connectivity index is 2.21. The number of phenols is 1. The first-order valence-electron chi connectivity index (χ1n) is 4.37. The van der Waals surface area contributed by atoms with Gasteiger partial charge in [0.25, 0.3) is 5.91 Å². The fraction of sp³-hybridized carbons (Fsp3) is 0. The van der Waals surface area contributed by atoms with Gasteiger partial charge in [-0.25, -0.2) is 4.39 Å². The molecule has 0 fully saturated rings. The zero-order valence-electron chi connectivity index (χ0n) is 7.98. The van der Waals surface area contributed by atoms with Crippen molar-refractivity contribution in [3.63, 3.8) is 0 Å². The fourth-order valence-electron chi connectivity index (χ4n) is 1.15. The lowest BCUT2D eigenvalue weighted by Gasteiger charge is -2.02. The number of nitrogens with zero attached hydrogens (tertiary/aromatic N) is 1. The van der Waals surface area contributed by atoms with Crippen LogP contribution in [0.3, 0.4) is 0 Å². The molecule has 0 saturated heterocycles. The normalized spacial score (nSPS) is 10.1. The van der Waals surface area contributed by atoms with Crippen LogP contribution in [0.25, 0.3) is 0 Å². The number of halogens is 1. The second-order valence-electron chi connectivity index (χ2n) is 3.00. The van der Waals surface area contributed by atoms with Crippen molar-refractivity contribution in [3.8, 4) is 5.75 Å². The van der Waals surface area contributed by atoms with Crippen LogP contribution in [0.2, 0.25) is 0 Å². The van der Waals surface area contributed by atoms with Gasteiger partial charge in [-0.3, -0.25) is 4.79 Å². The van der Waals surface area contributed by atoms with Crippen LogP contribution in [0.15, 0.2) is 35.1 Å². The first kappa shape index (κ1) is 10.2. The lowest BCUT2D eigenvalue weighted by atomic mass is 10.2. The minimum absolute atomic E-state index is 0.180. The van der Waals surface area contributed by atoms with Gasteiger partial charge in [-0.15, -0.1) is 0 Å². The van der Waals surface area contributed by atoms with Crippen molar-refractivity contribution < 1.29 is 18.8 Å². The van der Waals surface area contributed by atoms with Crippen molar-refractivity contribution >= 4 is 11.7 Å². The predicted octanol–water partition coefficient (Wildman–Crippen LogP) is 1.77. The molecule has 0 spiro atoms. The summed E-state index contributed by atoms with van der Waals surface area (Å²) in [4.78, 5) is 11.5. The van der Waals surface area contributed by atoms with E-state index in [4.69, 9.17) is 5.11 Å². The van der Waals surface area contributed by atoms with Crippen molar-refractivity contribution in [2.75, 3.05) is 5.32 Å². The highest BCUT2D eigenvalue weighted by atomic mass is 19.1. The lowest BCUT2D eigenvalue weighted by molar-refractivity contribution is 0.102. The minimum atomic E-state index is -0.805. The number of hydrogen-bond donors (Lipinski definition) is 2. The third-order valence-corrected chi connectivity index (χ3v) is 1.88.